The van der Waals surface area contributed by atoms with E-state index < -0.39 is 12.6 Å². The molecule has 0 saturated carbocycles. The number of benzene rings is 2. The molecule has 0 aliphatic carbocycles. The van der Waals surface area contributed by atoms with E-state index in [0.717, 1.165) is 0 Å². The van der Waals surface area contributed by atoms with Gasteiger partial charge in [0.2, 0.25) is 0 Å². The van der Waals surface area contributed by atoms with Crippen LogP contribution in [0.25, 0.3) is 5.69 Å². The lowest BCUT2D eigenvalue weighted by atomic mass is 10.3. The van der Waals surface area contributed by atoms with E-state index in [1.807, 2.05) is 18.2 Å². The van der Waals surface area contributed by atoms with E-state index in [1.165, 1.54) is 9.70 Å². The Bertz CT molecular complexity index is 972. The molecule has 1 heterocycles. The number of carbonyl (C=O) groups excluding carboxylic acids is 2. The van der Waals surface area contributed by atoms with Crippen LogP contribution in [0.2, 0.25) is 5.02 Å². The van der Waals surface area contributed by atoms with E-state index in [2.05, 4.69) is 10.2 Å². The average molecular weight is 385 g/mol. The SMILES string of the molecule is Cc1nn(-c2cccc(Cl)c2)nc1C(=O)OCC(=O)N(C)c1ccccc1. The molecule has 0 radical (unpaired) electrons. The second kappa shape index (κ2) is 8.01. The summed E-state index contributed by atoms with van der Waals surface area (Å²) in [6.45, 7) is 1.25. The van der Waals surface area contributed by atoms with Crippen molar-refractivity contribution in [3.8, 4) is 5.69 Å². The van der Waals surface area contributed by atoms with Crippen molar-refractivity contribution in [3.05, 3.63) is 71.0 Å². The number of amides is 1. The van der Waals surface area contributed by atoms with Crippen LogP contribution in [0, 0.1) is 6.92 Å². The fourth-order valence-corrected chi connectivity index (χ4v) is 2.56. The van der Waals surface area contributed by atoms with E-state index in [9.17, 15) is 9.59 Å². The molecule has 0 spiro atoms. The minimum Gasteiger partial charge on any atom is -0.451 e. The number of aryl methyl sites for hydroxylation is 1. The summed E-state index contributed by atoms with van der Waals surface area (Å²) >= 11 is 5.97. The summed E-state index contributed by atoms with van der Waals surface area (Å²) in [7, 11) is 1.62. The number of anilines is 1. The van der Waals surface area contributed by atoms with Crippen molar-refractivity contribution in [1.82, 2.24) is 15.0 Å². The second-order valence-corrected chi connectivity index (χ2v) is 6.20. The van der Waals surface area contributed by atoms with Crippen LogP contribution in [-0.4, -0.2) is 40.5 Å². The Morgan fingerprint density at radius 1 is 1.11 bits per heavy atom. The fourth-order valence-electron chi connectivity index (χ4n) is 2.37. The van der Waals surface area contributed by atoms with Crippen LogP contribution in [-0.2, 0) is 9.53 Å². The molecule has 3 rings (SSSR count). The van der Waals surface area contributed by atoms with Gasteiger partial charge >= 0.3 is 5.97 Å². The number of likely N-dealkylation sites (N-methyl/N-ethyl adjacent to an activating group) is 1. The Kier molecular flexibility index (Phi) is 5.52. The largest absolute Gasteiger partial charge is 0.451 e. The van der Waals surface area contributed by atoms with Crippen LogP contribution in [0.1, 0.15) is 16.2 Å². The number of rotatable bonds is 5. The van der Waals surface area contributed by atoms with E-state index in [1.54, 1.807) is 50.4 Å². The highest BCUT2D eigenvalue weighted by Crippen LogP contribution is 2.15. The molecule has 2 aromatic carbocycles. The van der Waals surface area contributed by atoms with E-state index >= 15 is 0 Å². The predicted octanol–water partition coefficient (Wildman–Crippen LogP) is 3.05. The molecular weight excluding hydrogens is 368 g/mol. The summed E-state index contributed by atoms with van der Waals surface area (Å²) in [5, 5.41) is 8.88. The Balaban J connectivity index is 1.67. The molecule has 7 nitrogen and oxygen atoms in total. The first-order valence-corrected chi connectivity index (χ1v) is 8.52. The molecule has 0 aliphatic rings. The molecule has 0 N–H and O–H groups in total. The van der Waals surface area contributed by atoms with Crippen LogP contribution in [0.15, 0.2) is 54.6 Å². The van der Waals surface area contributed by atoms with Crippen molar-refractivity contribution in [2.75, 3.05) is 18.6 Å². The molecule has 1 amide bonds. The first-order valence-electron chi connectivity index (χ1n) is 8.14. The van der Waals surface area contributed by atoms with E-state index in [4.69, 9.17) is 16.3 Å². The van der Waals surface area contributed by atoms with E-state index in [-0.39, 0.29) is 11.6 Å². The van der Waals surface area contributed by atoms with Gasteiger partial charge in [-0.1, -0.05) is 35.9 Å². The van der Waals surface area contributed by atoms with Gasteiger partial charge < -0.3 is 9.64 Å². The summed E-state index contributed by atoms with van der Waals surface area (Å²) < 4.78 is 5.11. The van der Waals surface area contributed by atoms with E-state index in [0.29, 0.717) is 22.1 Å². The number of halogens is 1. The maximum absolute atomic E-state index is 12.3. The summed E-state index contributed by atoms with van der Waals surface area (Å²) in [5.41, 5.74) is 1.76. The summed E-state index contributed by atoms with van der Waals surface area (Å²) in [5.74, 6) is -1.06. The normalized spacial score (nSPS) is 10.5. The van der Waals surface area contributed by atoms with Gasteiger partial charge in [-0.2, -0.15) is 9.90 Å². The fraction of sp³-hybridized carbons (Fsp3) is 0.158. The Hall–Kier alpha value is -3.19. The quantitative estimate of drug-likeness (QED) is 0.632. The van der Waals surface area contributed by atoms with Crippen molar-refractivity contribution in [2.45, 2.75) is 6.92 Å². The molecule has 1 aromatic heterocycles. The predicted molar refractivity (Wildman–Crippen MR) is 101 cm³/mol. The van der Waals surface area contributed by atoms with Crippen molar-refractivity contribution < 1.29 is 14.3 Å². The highest BCUT2D eigenvalue weighted by atomic mass is 35.5. The Labute approximate surface area is 161 Å². The van der Waals surface area contributed by atoms with Crippen LogP contribution < -0.4 is 4.90 Å². The summed E-state index contributed by atoms with van der Waals surface area (Å²) in [4.78, 5) is 27.2. The number of aromatic nitrogens is 3. The van der Waals surface area contributed by atoms with Crippen LogP contribution in [0.4, 0.5) is 5.69 Å². The second-order valence-electron chi connectivity index (χ2n) is 5.77. The highest BCUT2D eigenvalue weighted by molar-refractivity contribution is 6.30. The first kappa shape index (κ1) is 18.6. The Morgan fingerprint density at radius 3 is 2.56 bits per heavy atom. The third-order valence-electron chi connectivity index (χ3n) is 3.86. The number of ether oxygens (including phenoxy) is 1. The van der Waals surface area contributed by atoms with Gasteiger partial charge in [0.1, 0.15) is 0 Å². The summed E-state index contributed by atoms with van der Waals surface area (Å²) in [6, 6.07) is 16.0. The topological polar surface area (TPSA) is 77.3 Å². The molecule has 138 valence electrons. The number of carbonyl (C=O) groups is 2. The monoisotopic (exact) mass is 384 g/mol. The lowest BCUT2D eigenvalue weighted by Gasteiger charge is -2.16. The molecule has 0 aliphatic heterocycles. The number of nitrogens with zero attached hydrogens (tertiary/aromatic N) is 4. The number of hydrogen-bond acceptors (Lipinski definition) is 5. The number of esters is 1. The number of hydrogen-bond donors (Lipinski definition) is 0. The van der Waals surface area contributed by atoms with Crippen LogP contribution in [0.3, 0.4) is 0 Å². The van der Waals surface area contributed by atoms with Crippen molar-refractivity contribution in [2.24, 2.45) is 0 Å². The third kappa shape index (κ3) is 4.32. The number of para-hydroxylation sites is 1. The van der Waals surface area contributed by atoms with Gasteiger partial charge in [-0.05, 0) is 37.3 Å². The smallest absolute Gasteiger partial charge is 0.361 e. The maximum Gasteiger partial charge on any atom is 0.361 e. The van der Waals surface area contributed by atoms with Gasteiger partial charge in [0.15, 0.2) is 12.3 Å². The van der Waals surface area contributed by atoms with Crippen molar-refractivity contribution in [1.29, 1.82) is 0 Å². The lowest BCUT2D eigenvalue weighted by Crippen LogP contribution is -2.31. The summed E-state index contributed by atoms with van der Waals surface area (Å²) in [6.07, 6.45) is 0. The molecule has 0 atom stereocenters. The van der Waals surface area contributed by atoms with Gasteiger partial charge in [-0.15, -0.1) is 5.10 Å². The Morgan fingerprint density at radius 2 is 1.85 bits per heavy atom. The molecule has 0 saturated heterocycles. The zero-order valence-corrected chi connectivity index (χ0v) is 15.6. The maximum atomic E-state index is 12.3. The van der Waals surface area contributed by atoms with Gasteiger partial charge in [-0.25, -0.2) is 4.79 Å². The van der Waals surface area contributed by atoms with Gasteiger partial charge in [-0.3, -0.25) is 4.79 Å². The molecule has 0 unspecified atom stereocenters. The molecule has 8 heteroatoms. The molecule has 0 bridgehead atoms. The highest BCUT2D eigenvalue weighted by Gasteiger charge is 2.20. The van der Waals surface area contributed by atoms with Gasteiger partial charge in [0, 0.05) is 17.8 Å². The zero-order chi connectivity index (χ0) is 19.4. The first-order chi connectivity index (χ1) is 13.0. The van der Waals surface area contributed by atoms with Gasteiger partial charge in [0.25, 0.3) is 5.91 Å². The molecule has 3 aromatic rings. The van der Waals surface area contributed by atoms with Crippen LogP contribution >= 0.6 is 11.6 Å². The molecule has 27 heavy (non-hydrogen) atoms. The third-order valence-corrected chi connectivity index (χ3v) is 4.09. The lowest BCUT2D eigenvalue weighted by molar-refractivity contribution is -0.121. The van der Waals surface area contributed by atoms with Crippen molar-refractivity contribution >= 4 is 29.2 Å². The molecule has 0 fully saturated rings. The minimum atomic E-state index is -0.712. The van der Waals surface area contributed by atoms with Crippen molar-refractivity contribution in [3.63, 3.8) is 0 Å². The molecular formula is C19H17ClN4O3. The average Bonchev–Trinajstić information content (AvgIpc) is 3.08. The standard InChI is InChI=1S/C19H17ClN4O3/c1-13-18(22-24(21-13)16-10-6-7-14(20)11-16)19(26)27-12-17(25)23(2)15-8-4-3-5-9-15/h3-11H,12H2,1-2H3. The van der Waals surface area contributed by atoms with Gasteiger partial charge in [0.05, 0.1) is 11.4 Å². The minimum absolute atomic E-state index is 0.0464. The van der Waals surface area contributed by atoms with Crippen LogP contribution in [0.5, 0.6) is 0 Å². The zero-order valence-electron chi connectivity index (χ0n) is 14.8.